The molecule has 1 aromatic carbocycles. The normalized spacial score (nSPS) is 16.7. The van der Waals surface area contributed by atoms with Crippen LogP contribution in [0.2, 0.25) is 0 Å². The topological polar surface area (TPSA) is 76.1 Å². The second kappa shape index (κ2) is 14.4. The standard InChI is InChI=1S/C26H37NO5S2/c1-5-8-9-10-11-12-15-32-20-14-13-19(16-21(20)31-7-3)17-22-24(28)27(26(33)34-22)23(25(29)30)18(4)6-2/h13-14,16-18,23H,5-12,15H2,1-4H3,(H,29,30)/b22-17+/t18-,23+/m1/s1. The molecule has 1 aliphatic heterocycles. The first kappa shape index (κ1) is 28.2. The fourth-order valence-electron chi connectivity index (χ4n) is 3.77. The van der Waals surface area contributed by atoms with Gasteiger partial charge in [-0.3, -0.25) is 9.69 Å². The molecule has 0 aromatic heterocycles. The highest BCUT2D eigenvalue weighted by Gasteiger charge is 2.42. The van der Waals surface area contributed by atoms with Crippen molar-refractivity contribution in [1.29, 1.82) is 0 Å². The SMILES string of the molecule is CCCCCCCCOc1ccc(/C=C2/SC(=S)N([C@H](C(=O)O)[C@H](C)CC)C2=O)cc1OCC. The van der Waals surface area contributed by atoms with Crippen LogP contribution in [0.4, 0.5) is 0 Å². The van der Waals surface area contributed by atoms with E-state index in [2.05, 4.69) is 6.92 Å². The summed E-state index contributed by atoms with van der Waals surface area (Å²) in [4.78, 5) is 26.6. The molecule has 1 aliphatic rings. The van der Waals surface area contributed by atoms with Crippen molar-refractivity contribution in [3.05, 3.63) is 28.7 Å². The first-order chi connectivity index (χ1) is 16.3. The molecule has 34 heavy (non-hydrogen) atoms. The number of carboxylic acids is 1. The summed E-state index contributed by atoms with van der Waals surface area (Å²) < 4.78 is 12.0. The van der Waals surface area contributed by atoms with Crippen molar-refractivity contribution >= 4 is 46.3 Å². The number of thioether (sulfide) groups is 1. The van der Waals surface area contributed by atoms with E-state index in [1.807, 2.05) is 39.0 Å². The number of carbonyl (C=O) groups is 2. The summed E-state index contributed by atoms with van der Waals surface area (Å²) >= 11 is 6.51. The van der Waals surface area contributed by atoms with E-state index in [1.165, 1.54) is 30.6 Å². The minimum Gasteiger partial charge on any atom is -0.490 e. The second-order valence-corrected chi connectivity index (χ2v) is 10.2. The molecule has 0 aliphatic carbocycles. The predicted octanol–water partition coefficient (Wildman–Crippen LogP) is 6.53. The van der Waals surface area contributed by atoms with Crippen LogP contribution in [0.1, 0.15) is 78.2 Å². The summed E-state index contributed by atoms with van der Waals surface area (Å²) in [7, 11) is 0. The van der Waals surface area contributed by atoms with Crippen LogP contribution in [0.25, 0.3) is 6.08 Å². The summed E-state index contributed by atoms with van der Waals surface area (Å²) in [6, 6.07) is 4.60. The van der Waals surface area contributed by atoms with Gasteiger partial charge in [-0.05, 0) is 43.0 Å². The number of benzene rings is 1. The van der Waals surface area contributed by atoms with Gasteiger partial charge in [0.1, 0.15) is 10.4 Å². The molecule has 188 valence electrons. The molecule has 0 bridgehead atoms. The first-order valence-electron chi connectivity index (χ1n) is 12.2. The molecule has 1 N–H and O–H groups in total. The number of nitrogens with zero attached hydrogens (tertiary/aromatic N) is 1. The maximum absolute atomic E-state index is 13.1. The summed E-state index contributed by atoms with van der Waals surface area (Å²) in [5, 5.41) is 9.70. The first-order valence-corrected chi connectivity index (χ1v) is 13.5. The minimum absolute atomic E-state index is 0.216. The van der Waals surface area contributed by atoms with E-state index >= 15 is 0 Å². The Morgan fingerprint density at radius 2 is 1.82 bits per heavy atom. The number of amides is 1. The lowest BCUT2D eigenvalue weighted by Crippen LogP contribution is -2.47. The van der Waals surface area contributed by atoms with Crippen LogP contribution in [-0.2, 0) is 9.59 Å². The Labute approximate surface area is 213 Å². The van der Waals surface area contributed by atoms with Crippen LogP contribution in [0.5, 0.6) is 11.5 Å². The van der Waals surface area contributed by atoms with Crippen LogP contribution in [0.15, 0.2) is 23.1 Å². The third-order valence-corrected chi connectivity index (χ3v) is 7.19. The number of rotatable bonds is 15. The van der Waals surface area contributed by atoms with Crippen molar-refractivity contribution < 1.29 is 24.2 Å². The molecule has 2 atom stereocenters. The molecule has 0 radical (unpaired) electrons. The van der Waals surface area contributed by atoms with Gasteiger partial charge in [0.15, 0.2) is 11.5 Å². The van der Waals surface area contributed by atoms with E-state index in [0.29, 0.717) is 36.0 Å². The van der Waals surface area contributed by atoms with E-state index in [-0.39, 0.29) is 16.1 Å². The van der Waals surface area contributed by atoms with Gasteiger partial charge in [0.05, 0.1) is 18.1 Å². The lowest BCUT2D eigenvalue weighted by Gasteiger charge is -2.27. The van der Waals surface area contributed by atoms with Crippen LogP contribution in [-0.4, -0.2) is 45.5 Å². The van der Waals surface area contributed by atoms with Gasteiger partial charge in [-0.1, -0.05) is 89.3 Å². The van der Waals surface area contributed by atoms with Crippen molar-refractivity contribution in [2.24, 2.45) is 5.92 Å². The predicted molar refractivity (Wildman–Crippen MR) is 142 cm³/mol. The molecule has 0 spiro atoms. The Hall–Kier alpha value is -2.06. The lowest BCUT2D eigenvalue weighted by molar-refractivity contribution is -0.147. The summed E-state index contributed by atoms with van der Waals surface area (Å²) in [6.45, 7) is 8.97. The van der Waals surface area contributed by atoms with E-state index < -0.39 is 12.0 Å². The third-order valence-electron chi connectivity index (χ3n) is 5.86. The highest BCUT2D eigenvalue weighted by molar-refractivity contribution is 8.26. The zero-order valence-electron chi connectivity index (χ0n) is 20.7. The van der Waals surface area contributed by atoms with Crippen molar-refractivity contribution in [3.63, 3.8) is 0 Å². The molecule has 8 heteroatoms. The average Bonchev–Trinajstić information content (AvgIpc) is 3.07. The average molecular weight is 508 g/mol. The highest BCUT2D eigenvalue weighted by Crippen LogP contribution is 2.37. The summed E-state index contributed by atoms with van der Waals surface area (Å²) in [5.74, 6) is -0.322. The monoisotopic (exact) mass is 507 g/mol. The molecule has 0 saturated carbocycles. The Morgan fingerprint density at radius 3 is 2.47 bits per heavy atom. The van der Waals surface area contributed by atoms with Gasteiger partial charge in [0.2, 0.25) is 0 Å². The van der Waals surface area contributed by atoms with Crippen molar-refractivity contribution in [1.82, 2.24) is 4.90 Å². The quantitative estimate of drug-likeness (QED) is 0.164. The Balaban J connectivity index is 2.12. The zero-order chi connectivity index (χ0) is 25.1. The molecule has 2 rings (SSSR count). The molecular weight excluding hydrogens is 470 g/mol. The maximum atomic E-state index is 13.1. The number of hydrogen-bond donors (Lipinski definition) is 1. The molecule has 0 unspecified atom stereocenters. The molecule has 1 heterocycles. The highest BCUT2D eigenvalue weighted by atomic mass is 32.2. The van der Waals surface area contributed by atoms with Crippen LogP contribution in [0.3, 0.4) is 0 Å². The molecule has 1 fully saturated rings. The van der Waals surface area contributed by atoms with E-state index in [1.54, 1.807) is 6.08 Å². The fourth-order valence-corrected chi connectivity index (χ4v) is 5.10. The molecule has 6 nitrogen and oxygen atoms in total. The van der Waals surface area contributed by atoms with E-state index in [4.69, 9.17) is 21.7 Å². The van der Waals surface area contributed by atoms with Gasteiger partial charge in [-0.25, -0.2) is 4.79 Å². The number of carboxylic acid groups (broad SMARTS) is 1. The fraction of sp³-hybridized carbons (Fsp3) is 0.577. The smallest absolute Gasteiger partial charge is 0.327 e. The van der Waals surface area contributed by atoms with Crippen molar-refractivity contribution in [2.75, 3.05) is 13.2 Å². The number of carbonyl (C=O) groups excluding carboxylic acids is 1. The number of unbranched alkanes of at least 4 members (excludes halogenated alkanes) is 5. The Morgan fingerprint density at radius 1 is 1.12 bits per heavy atom. The van der Waals surface area contributed by atoms with Gasteiger partial charge >= 0.3 is 5.97 Å². The van der Waals surface area contributed by atoms with Crippen LogP contribution >= 0.6 is 24.0 Å². The number of thiocarbonyl (C=S) groups is 1. The van der Waals surface area contributed by atoms with Crippen molar-refractivity contribution in [2.45, 2.75) is 78.7 Å². The van der Waals surface area contributed by atoms with Crippen molar-refractivity contribution in [3.8, 4) is 11.5 Å². The van der Waals surface area contributed by atoms with E-state index in [0.717, 1.165) is 30.2 Å². The van der Waals surface area contributed by atoms with Gasteiger partial charge in [-0.2, -0.15) is 0 Å². The summed E-state index contributed by atoms with van der Waals surface area (Å²) in [5.41, 5.74) is 0.770. The Bertz CT molecular complexity index is 886. The van der Waals surface area contributed by atoms with Gasteiger partial charge in [0, 0.05) is 0 Å². The summed E-state index contributed by atoms with van der Waals surface area (Å²) in [6.07, 6.45) is 9.53. The zero-order valence-corrected chi connectivity index (χ0v) is 22.3. The molecule has 1 saturated heterocycles. The Kier molecular flexibility index (Phi) is 11.9. The number of aliphatic carboxylic acids is 1. The largest absolute Gasteiger partial charge is 0.490 e. The van der Waals surface area contributed by atoms with Crippen LogP contribution < -0.4 is 9.47 Å². The number of ether oxygens (including phenoxy) is 2. The number of hydrogen-bond acceptors (Lipinski definition) is 6. The van der Waals surface area contributed by atoms with Gasteiger partial charge in [-0.15, -0.1) is 0 Å². The minimum atomic E-state index is -1.04. The third kappa shape index (κ3) is 7.73. The second-order valence-electron chi connectivity index (χ2n) is 8.48. The van der Waals surface area contributed by atoms with Gasteiger partial charge in [0.25, 0.3) is 5.91 Å². The van der Waals surface area contributed by atoms with Crippen LogP contribution in [0, 0.1) is 5.92 Å². The van der Waals surface area contributed by atoms with Gasteiger partial charge < -0.3 is 14.6 Å². The van der Waals surface area contributed by atoms with E-state index in [9.17, 15) is 14.7 Å². The lowest BCUT2D eigenvalue weighted by atomic mass is 9.98. The molecule has 1 amide bonds. The maximum Gasteiger partial charge on any atom is 0.327 e. The molecule has 1 aromatic rings. The molecular formula is C26H37NO5S2.